The van der Waals surface area contributed by atoms with Crippen LogP contribution in [0.2, 0.25) is 0 Å². The maximum atomic E-state index is 10.1. The fourth-order valence-corrected chi connectivity index (χ4v) is 7.81. The summed E-state index contributed by atoms with van der Waals surface area (Å²) in [5.74, 6) is 3.42. The van der Waals surface area contributed by atoms with Crippen molar-refractivity contribution >= 4 is 0 Å². The third kappa shape index (κ3) is 2.49. The van der Waals surface area contributed by atoms with E-state index in [-0.39, 0.29) is 12.7 Å². The Morgan fingerprint density at radius 3 is 2.46 bits per heavy atom. The molecule has 3 nitrogen and oxygen atoms in total. The monoisotopic (exact) mass is 335 g/mol. The second-order valence-corrected chi connectivity index (χ2v) is 9.94. The summed E-state index contributed by atoms with van der Waals surface area (Å²) in [6.45, 7) is 6.11. The molecule has 8 atom stereocenters. The fraction of sp³-hybridized carbons (Fsp3) is 1.00. The minimum Gasteiger partial charge on any atom is -0.395 e. The largest absolute Gasteiger partial charge is 0.395 e. The second-order valence-electron chi connectivity index (χ2n) is 9.94. The van der Waals surface area contributed by atoms with Gasteiger partial charge in [0.25, 0.3) is 0 Å². The van der Waals surface area contributed by atoms with Crippen LogP contribution in [0.3, 0.4) is 0 Å². The smallest absolute Gasteiger partial charge is 0.0556 e. The molecule has 3 N–H and O–H groups in total. The minimum atomic E-state index is -0.0352. The SMILES string of the molecule is C[C@]12CC[C@@H](O)C[C@@H]1CC[C@H]1[C@H]2CC[C@]2(C)[C@@H](NCCO)CC[C@@H]12. The average Bonchev–Trinajstić information content (AvgIpc) is 2.90. The molecule has 4 aliphatic carbocycles. The van der Waals surface area contributed by atoms with E-state index in [0.29, 0.717) is 16.9 Å². The van der Waals surface area contributed by atoms with Gasteiger partial charge in [0.2, 0.25) is 0 Å². The molecule has 0 bridgehead atoms. The van der Waals surface area contributed by atoms with Crippen LogP contribution in [-0.2, 0) is 0 Å². The summed E-state index contributed by atoms with van der Waals surface area (Å²) in [4.78, 5) is 0. The first-order valence-corrected chi connectivity index (χ1v) is 10.5. The van der Waals surface area contributed by atoms with Crippen LogP contribution in [-0.4, -0.2) is 35.5 Å². The zero-order valence-corrected chi connectivity index (χ0v) is 15.6. The lowest BCUT2D eigenvalue weighted by Crippen LogP contribution is -2.55. The van der Waals surface area contributed by atoms with Crippen LogP contribution in [0.4, 0.5) is 0 Å². The highest BCUT2D eigenvalue weighted by molar-refractivity contribution is 5.10. The number of rotatable bonds is 3. The Kier molecular flexibility index (Phi) is 4.50. The molecule has 0 amide bonds. The third-order valence-electron chi connectivity index (χ3n) is 9.14. The van der Waals surface area contributed by atoms with Gasteiger partial charge in [-0.2, -0.15) is 0 Å². The number of nitrogens with one attached hydrogen (secondary N) is 1. The molecule has 4 fully saturated rings. The highest BCUT2D eigenvalue weighted by Gasteiger charge is 2.59. The van der Waals surface area contributed by atoms with Crippen molar-refractivity contribution in [1.82, 2.24) is 5.32 Å². The van der Waals surface area contributed by atoms with E-state index in [9.17, 15) is 10.2 Å². The van der Waals surface area contributed by atoms with E-state index in [2.05, 4.69) is 19.2 Å². The maximum absolute atomic E-state index is 10.1. The van der Waals surface area contributed by atoms with E-state index in [1.54, 1.807) is 0 Å². The summed E-state index contributed by atoms with van der Waals surface area (Å²) < 4.78 is 0. The van der Waals surface area contributed by atoms with Crippen LogP contribution in [0.25, 0.3) is 0 Å². The molecule has 0 aromatic carbocycles. The molecule has 4 rings (SSSR count). The highest BCUT2D eigenvalue weighted by atomic mass is 16.3. The quantitative estimate of drug-likeness (QED) is 0.741. The highest BCUT2D eigenvalue weighted by Crippen LogP contribution is 2.66. The lowest BCUT2D eigenvalue weighted by molar-refractivity contribution is -0.123. The van der Waals surface area contributed by atoms with Crippen LogP contribution in [0.1, 0.15) is 71.6 Å². The molecule has 4 saturated carbocycles. The van der Waals surface area contributed by atoms with Gasteiger partial charge in [0, 0.05) is 12.6 Å². The van der Waals surface area contributed by atoms with Crippen molar-refractivity contribution in [2.75, 3.05) is 13.2 Å². The Morgan fingerprint density at radius 1 is 0.917 bits per heavy atom. The van der Waals surface area contributed by atoms with E-state index >= 15 is 0 Å². The first-order valence-electron chi connectivity index (χ1n) is 10.5. The topological polar surface area (TPSA) is 52.5 Å². The number of aliphatic hydroxyl groups is 2. The molecular weight excluding hydrogens is 298 g/mol. The number of hydrogen-bond acceptors (Lipinski definition) is 3. The van der Waals surface area contributed by atoms with Crippen LogP contribution < -0.4 is 5.32 Å². The first kappa shape index (κ1) is 17.3. The number of aliphatic hydroxyl groups excluding tert-OH is 2. The van der Waals surface area contributed by atoms with Crippen molar-refractivity contribution in [3.63, 3.8) is 0 Å². The Bertz CT molecular complexity index is 469. The van der Waals surface area contributed by atoms with Gasteiger partial charge in [0.05, 0.1) is 12.7 Å². The van der Waals surface area contributed by atoms with Gasteiger partial charge in [0.1, 0.15) is 0 Å². The first-order chi connectivity index (χ1) is 11.5. The van der Waals surface area contributed by atoms with E-state index < -0.39 is 0 Å². The summed E-state index contributed by atoms with van der Waals surface area (Å²) in [6, 6.07) is 0.606. The molecule has 0 unspecified atom stereocenters. The molecular formula is C21H37NO2. The fourth-order valence-electron chi connectivity index (χ4n) is 7.81. The van der Waals surface area contributed by atoms with Gasteiger partial charge in [-0.1, -0.05) is 13.8 Å². The zero-order valence-electron chi connectivity index (χ0n) is 15.6. The third-order valence-corrected chi connectivity index (χ3v) is 9.14. The van der Waals surface area contributed by atoms with Gasteiger partial charge in [0.15, 0.2) is 0 Å². The van der Waals surface area contributed by atoms with E-state index in [0.717, 1.165) is 43.1 Å². The number of hydrogen-bond donors (Lipinski definition) is 3. The predicted octanol–water partition coefficient (Wildman–Crippen LogP) is 3.34. The molecule has 0 heterocycles. The van der Waals surface area contributed by atoms with Gasteiger partial charge < -0.3 is 15.5 Å². The Hall–Kier alpha value is -0.120. The molecule has 0 aliphatic heterocycles. The Labute approximate surface area is 147 Å². The van der Waals surface area contributed by atoms with Gasteiger partial charge in [-0.25, -0.2) is 0 Å². The van der Waals surface area contributed by atoms with E-state index in [1.807, 2.05) is 0 Å². The van der Waals surface area contributed by atoms with Gasteiger partial charge >= 0.3 is 0 Å². The molecule has 0 aromatic rings. The molecule has 0 spiro atoms. The van der Waals surface area contributed by atoms with Crippen LogP contribution in [0.5, 0.6) is 0 Å². The van der Waals surface area contributed by atoms with Gasteiger partial charge in [-0.3, -0.25) is 0 Å². The normalized spacial score (nSPS) is 54.0. The molecule has 4 aliphatic rings. The van der Waals surface area contributed by atoms with E-state index in [1.165, 1.54) is 44.9 Å². The molecule has 0 radical (unpaired) electrons. The molecule has 0 aromatic heterocycles. The predicted molar refractivity (Wildman–Crippen MR) is 96.6 cm³/mol. The van der Waals surface area contributed by atoms with Crippen LogP contribution in [0.15, 0.2) is 0 Å². The minimum absolute atomic E-state index is 0.0352. The summed E-state index contributed by atoms with van der Waals surface area (Å²) in [5, 5.41) is 23.0. The number of fused-ring (bicyclic) bond motifs is 5. The van der Waals surface area contributed by atoms with Crippen molar-refractivity contribution in [3.05, 3.63) is 0 Å². The summed E-state index contributed by atoms with van der Waals surface area (Å²) in [7, 11) is 0. The summed E-state index contributed by atoms with van der Waals surface area (Å²) in [6.07, 6.45) is 11.4. The standard InChI is InChI=1S/C21H37NO2/c1-20-9-7-15(24)13-14(20)3-4-16-17-5-6-19(22-11-12-23)21(17,2)10-8-18(16)20/h14-19,22-24H,3-13H2,1-2H3/t14-,15+,16+,17-,18+,19-,20-,21-/m0/s1. The Morgan fingerprint density at radius 2 is 1.67 bits per heavy atom. The average molecular weight is 336 g/mol. The molecule has 24 heavy (non-hydrogen) atoms. The summed E-state index contributed by atoms with van der Waals surface area (Å²) >= 11 is 0. The van der Waals surface area contributed by atoms with Crippen molar-refractivity contribution in [3.8, 4) is 0 Å². The van der Waals surface area contributed by atoms with E-state index in [4.69, 9.17) is 0 Å². The zero-order chi connectivity index (χ0) is 16.9. The van der Waals surface area contributed by atoms with Crippen LogP contribution >= 0.6 is 0 Å². The van der Waals surface area contributed by atoms with Gasteiger partial charge in [-0.15, -0.1) is 0 Å². The maximum Gasteiger partial charge on any atom is 0.0556 e. The van der Waals surface area contributed by atoms with Crippen molar-refractivity contribution in [2.24, 2.45) is 34.5 Å². The van der Waals surface area contributed by atoms with Gasteiger partial charge in [-0.05, 0) is 92.3 Å². The molecule has 3 heteroatoms. The lowest BCUT2D eigenvalue weighted by atomic mass is 9.45. The molecule has 0 saturated heterocycles. The lowest BCUT2D eigenvalue weighted by Gasteiger charge is -2.61. The van der Waals surface area contributed by atoms with Crippen LogP contribution in [0, 0.1) is 34.5 Å². The van der Waals surface area contributed by atoms with Crippen molar-refractivity contribution in [1.29, 1.82) is 0 Å². The molecule has 138 valence electrons. The Balaban J connectivity index is 1.54. The second kappa shape index (κ2) is 6.25. The van der Waals surface area contributed by atoms with Crippen molar-refractivity contribution in [2.45, 2.75) is 83.8 Å². The van der Waals surface area contributed by atoms with Crippen molar-refractivity contribution < 1.29 is 10.2 Å². The summed E-state index contributed by atoms with van der Waals surface area (Å²) in [5.41, 5.74) is 0.924.